The van der Waals surface area contributed by atoms with Crippen molar-refractivity contribution in [3.8, 4) is 11.4 Å². The fourth-order valence-electron chi connectivity index (χ4n) is 2.36. The predicted molar refractivity (Wildman–Crippen MR) is 91.6 cm³/mol. The van der Waals surface area contributed by atoms with Crippen molar-refractivity contribution in [2.75, 3.05) is 0 Å². The van der Waals surface area contributed by atoms with Crippen molar-refractivity contribution in [2.24, 2.45) is 0 Å². The Bertz CT molecular complexity index is 825. The first-order chi connectivity index (χ1) is 11.6. The van der Waals surface area contributed by atoms with E-state index in [1.54, 1.807) is 6.92 Å². The Morgan fingerprint density at radius 3 is 2.08 bits per heavy atom. The highest BCUT2D eigenvalue weighted by molar-refractivity contribution is 5.96. The van der Waals surface area contributed by atoms with E-state index in [9.17, 15) is 4.79 Å². The lowest BCUT2D eigenvalue weighted by Gasteiger charge is -2.04. The number of nitrogens with zero attached hydrogens (tertiary/aromatic N) is 4. The molecule has 0 fully saturated rings. The predicted octanol–water partition coefficient (Wildman–Crippen LogP) is 3.37. The normalized spacial score (nSPS) is 10.6. The van der Waals surface area contributed by atoms with Crippen molar-refractivity contribution in [3.63, 3.8) is 0 Å². The average molecular weight is 318 g/mol. The lowest BCUT2D eigenvalue weighted by atomic mass is 10.0. The van der Waals surface area contributed by atoms with Crippen LogP contribution < -0.4 is 0 Å². The van der Waals surface area contributed by atoms with Crippen molar-refractivity contribution < 1.29 is 4.79 Å². The van der Waals surface area contributed by atoms with Crippen LogP contribution in [-0.4, -0.2) is 26.2 Å². The van der Waals surface area contributed by atoms with Crippen LogP contribution in [0.25, 0.3) is 11.4 Å². The maximum Gasteiger partial charge on any atom is 0.203 e. The molecule has 0 amide bonds. The van der Waals surface area contributed by atoms with E-state index in [0.717, 1.165) is 22.3 Å². The third-order valence-electron chi connectivity index (χ3n) is 3.81. The molecule has 0 saturated carbocycles. The second kappa shape index (κ2) is 7.08. The number of carbonyl (C=O) groups is 1. The molecule has 2 aromatic carbocycles. The zero-order valence-electron chi connectivity index (χ0n) is 13.7. The van der Waals surface area contributed by atoms with Gasteiger partial charge in [-0.15, -0.1) is 20.4 Å². The molecule has 0 spiro atoms. The SMILES string of the molecule is Cc1ccc(C(=O)CCc2ccc(-c3nnc(C)nn3)cc2)cc1. The Kier molecular flexibility index (Phi) is 4.70. The van der Waals surface area contributed by atoms with Gasteiger partial charge in [-0.2, -0.15) is 0 Å². The van der Waals surface area contributed by atoms with Gasteiger partial charge in [0.15, 0.2) is 11.6 Å². The molecule has 120 valence electrons. The lowest BCUT2D eigenvalue weighted by molar-refractivity contribution is 0.0983. The van der Waals surface area contributed by atoms with E-state index >= 15 is 0 Å². The van der Waals surface area contributed by atoms with Gasteiger partial charge in [-0.1, -0.05) is 54.1 Å². The summed E-state index contributed by atoms with van der Waals surface area (Å²) in [5.41, 5.74) is 3.89. The summed E-state index contributed by atoms with van der Waals surface area (Å²) < 4.78 is 0. The van der Waals surface area contributed by atoms with Crippen molar-refractivity contribution in [2.45, 2.75) is 26.7 Å². The molecule has 1 heterocycles. The highest BCUT2D eigenvalue weighted by atomic mass is 16.1. The fraction of sp³-hybridized carbons (Fsp3) is 0.211. The first-order valence-corrected chi connectivity index (χ1v) is 7.85. The molecule has 0 aliphatic carbocycles. The van der Waals surface area contributed by atoms with Gasteiger partial charge >= 0.3 is 0 Å². The smallest absolute Gasteiger partial charge is 0.203 e. The molecule has 0 aliphatic rings. The van der Waals surface area contributed by atoms with Crippen LogP contribution in [0.3, 0.4) is 0 Å². The number of aryl methyl sites for hydroxylation is 3. The molecule has 3 aromatic rings. The Morgan fingerprint density at radius 2 is 1.46 bits per heavy atom. The molecular weight excluding hydrogens is 300 g/mol. The van der Waals surface area contributed by atoms with E-state index < -0.39 is 0 Å². The minimum absolute atomic E-state index is 0.161. The molecule has 24 heavy (non-hydrogen) atoms. The molecule has 5 heteroatoms. The van der Waals surface area contributed by atoms with Gasteiger partial charge in [-0.05, 0) is 25.8 Å². The standard InChI is InChI=1S/C19H18N4O/c1-13-3-8-16(9-4-13)18(24)12-7-15-5-10-17(11-6-15)19-22-20-14(2)21-23-19/h3-6,8-11H,7,12H2,1-2H3. The molecule has 0 radical (unpaired) electrons. The molecule has 0 saturated heterocycles. The monoisotopic (exact) mass is 318 g/mol. The molecule has 5 nitrogen and oxygen atoms in total. The van der Waals surface area contributed by atoms with E-state index in [0.29, 0.717) is 24.5 Å². The molecular formula is C19H18N4O. The van der Waals surface area contributed by atoms with Crippen molar-refractivity contribution >= 4 is 5.78 Å². The van der Waals surface area contributed by atoms with Crippen molar-refractivity contribution in [1.82, 2.24) is 20.4 Å². The van der Waals surface area contributed by atoms with Crippen molar-refractivity contribution in [3.05, 3.63) is 71.0 Å². The van der Waals surface area contributed by atoms with E-state index in [2.05, 4.69) is 20.4 Å². The van der Waals surface area contributed by atoms with Crippen LogP contribution in [0.4, 0.5) is 0 Å². The number of aromatic nitrogens is 4. The molecule has 0 bridgehead atoms. The number of hydrogen-bond acceptors (Lipinski definition) is 5. The average Bonchev–Trinajstić information content (AvgIpc) is 2.61. The van der Waals surface area contributed by atoms with Crippen LogP contribution in [0.1, 0.15) is 33.7 Å². The number of hydrogen-bond donors (Lipinski definition) is 0. The van der Waals surface area contributed by atoms with Crippen LogP contribution in [0, 0.1) is 13.8 Å². The lowest BCUT2D eigenvalue weighted by Crippen LogP contribution is -2.01. The second-order valence-electron chi connectivity index (χ2n) is 5.76. The van der Waals surface area contributed by atoms with E-state index in [1.807, 2.05) is 55.5 Å². The summed E-state index contributed by atoms with van der Waals surface area (Å²) in [6.45, 7) is 3.76. The van der Waals surface area contributed by atoms with E-state index in [1.165, 1.54) is 0 Å². The molecule has 0 N–H and O–H groups in total. The number of carbonyl (C=O) groups excluding carboxylic acids is 1. The van der Waals surface area contributed by atoms with Gasteiger partial charge in [0.25, 0.3) is 0 Å². The zero-order chi connectivity index (χ0) is 16.9. The summed E-state index contributed by atoms with van der Waals surface area (Å²) in [4.78, 5) is 12.2. The van der Waals surface area contributed by atoms with Gasteiger partial charge in [-0.25, -0.2) is 0 Å². The van der Waals surface area contributed by atoms with E-state index in [4.69, 9.17) is 0 Å². The zero-order valence-corrected chi connectivity index (χ0v) is 13.7. The maximum atomic E-state index is 12.2. The van der Waals surface area contributed by atoms with Crippen LogP contribution in [0.2, 0.25) is 0 Å². The highest BCUT2D eigenvalue weighted by Crippen LogP contribution is 2.16. The van der Waals surface area contributed by atoms with Crippen LogP contribution in [-0.2, 0) is 6.42 Å². The second-order valence-corrected chi connectivity index (χ2v) is 5.76. The fourth-order valence-corrected chi connectivity index (χ4v) is 2.36. The van der Waals surface area contributed by atoms with Crippen molar-refractivity contribution in [1.29, 1.82) is 0 Å². The summed E-state index contributed by atoms with van der Waals surface area (Å²) in [7, 11) is 0. The maximum absolute atomic E-state index is 12.2. The summed E-state index contributed by atoms with van der Waals surface area (Å²) in [6.07, 6.45) is 1.20. The third kappa shape index (κ3) is 3.87. The first kappa shape index (κ1) is 15.9. The Morgan fingerprint density at radius 1 is 0.833 bits per heavy atom. The molecule has 1 aromatic heterocycles. The van der Waals surface area contributed by atoms with E-state index in [-0.39, 0.29) is 5.78 Å². The summed E-state index contributed by atoms with van der Waals surface area (Å²) >= 11 is 0. The van der Waals surface area contributed by atoms with Gasteiger partial charge in [0, 0.05) is 17.5 Å². The topological polar surface area (TPSA) is 68.6 Å². The third-order valence-corrected chi connectivity index (χ3v) is 3.81. The largest absolute Gasteiger partial charge is 0.294 e. The summed E-state index contributed by atoms with van der Waals surface area (Å²) in [6, 6.07) is 15.5. The van der Waals surface area contributed by atoms with Gasteiger partial charge in [0.2, 0.25) is 5.82 Å². The summed E-state index contributed by atoms with van der Waals surface area (Å²) in [5.74, 6) is 1.21. The molecule has 0 atom stereocenters. The number of Topliss-reactive ketones (excluding diaryl/α,β-unsaturated/α-hetero) is 1. The Labute approximate surface area is 140 Å². The van der Waals surface area contributed by atoms with Crippen LogP contribution in [0.15, 0.2) is 48.5 Å². The van der Waals surface area contributed by atoms with Gasteiger partial charge in [0.1, 0.15) is 0 Å². The number of ketones is 1. The Balaban J connectivity index is 1.63. The quantitative estimate of drug-likeness (QED) is 0.675. The van der Waals surface area contributed by atoms with Crippen LogP contribution in [0.5, 0.6) is 0 Å². The Hall–Kier alpha value is -2.95. The number of benzene rings is 2. The van der Waals surface area contributed by atoms with Gasteiger partial charge in [0.05, 0.1) is 0 Å². The molecule has 0 unspecified atom stereocenters. The summed E-state index contributed by atoms with van der Waals surface area (Å²) in [5, 5.41) is 15.9. The van der Waals surface area contributed by atoms with Crippen LogP contribution >= 0.6 is 0 Å². The number of rotatable bonds is 5. The van der Waals surface area contributed by atoms with Gasteiger partial charge in [-0.3, -0.25) is 4.79 Å². The highest BCUT2D eigenvalue weighted by Gasteiger charge is 2.07. The van der Waals surface area contributed by atoms with Gasteiger partial charge < -0.3 is 0 Å². The first-order valence-electron chi connectivity index (χ1n) is 7.85. The molecule has 0 aliphatic heterocycles. The minimum atomic E-state index is 0.161. The minimum Gasteiger partial charge on any atom is -0.294 e. The molecule has 3 rings (SSSR count).